The van der Waals surface area contributed by atoms with Crippen LogP contribution in [-0.2, 0) is 16.1 Å². The molecule has 1 aliphatic heterocycles. The van der Waals surface area contributed by atoms with Gasteiger partial charge in [-0.1, -0.05) is 65.8 Å². The zero-order chi connectivity index (χ0) is 27.1. The molecule has 7 nitrogen and oxygen atoms in total. The van der Waals surface area contributed by atoms with Crippen LogP contribution < -0.4 is 4.74 Å². The van der Waals surface area contributed by atoms with Crippen molar-refractivity contribution in [3.8, 4) is 11.8 Å². The molecular formula is C29H21ClN2O5S. The molecule has 38 heavy (non-hydrogen) atoms. The van der Waals surface area contributed by atoms with Crippen LogP contribution in [-0.4, -0.2) is 28.6 Å². The standard InChI is InChI=1S/C29H21ClN2O5S/c1-2-36-29(35)25-26(33)24(38-28(25)32-27(34)19-8-4-3-5-9-19)15-18-12-13-23(22(30)14-18)37-17-21-11-7-6-10-20(21)16-31/h3-15,33H,2,17H2,1H3/b24-15-,32-28?. The molecule has 0 saturated carbocycles. The van der Waals surface area contributed by atoms with E-state index < -0.39 is 11.9 Å². The van der Waals surface area contributed by atoms with E-state index in [1.807, 2.05) is 6.07 Å². The van der Waals surface area contributed by atoms with Crippen LogP contribution in [0.15, 0.2) is 94.0 Å². The first-order chi connectivity index (χ1) is 18.4. The second-order valence-electron chi connectivity index (χ2n) is 7.89. The summed E-state index contributed by atoms with van der Waals surface area (Å²) in [4.78, 5) is 29.6. The normalized spacial score (nSPS) is 15.0. The molecule has 0 aromatic heterocycles. The van der Waals surface area contributed by atoms with Crippen molar-refractivity contribution in [1.29, 1.82) is 5.26 Å². The molecule has 0 atom stereocenters. The summed E-state index contributed by atoms with van der Waals surface area (Å²) in [5.74, 6) is -1.24. The number of carbonyl (C=O) groups is 2. The van der Waals surface area contributed by atoms with Gasteiger partial charge in [-0.2, -0.15) is 5.26 Å². The van der Waals surface area contributed by atoms with Gasteiger partial charge in [-0.3, -0.25) is 4.79 Å². The Bertz CT molecular complexity index is 1520. The fraction of sp³-hybridized carbons (Fsp3) is 0.103. The molecule has 0 fully saturated rings. The molecule has 1 N–H and O–H groups in total. The van der Waals surface area contributed by atoms with Gasteiger partial charge in [-0.25, -0.2) is 9.79 Å². The number of halogens is 1. The number of hydrogen-bond acceptors (Lipinski definition) is 7. The van der Waals surface area contributed by atoms with Crippen molar-refractivity contribution in [2.45, 2.75) is 13.5 Å². The average Bonchev–Trinajstić information content (AvgIpc) is 3.22. The number of thioether (sulfide) groups is 1. The number of benzene rings is 3. The summed E-state index contributed by atoms with van der Waals surface area (Å²) in [5.41, 5.74) is 2.05. The summed E-state index contributed by atoms with van der Waals surface area (Å²) in [6.45, 7) is 1.90. The van der Waals surface area contributed by atoms with Crippen LogP contribution >= 0.6 is 23.4 Å². The monoisotopic (exact) mass is 544 g/mol. The average molecular weight is 545 g/mol. The SMILES string of the molecule is CCOC(=O)C1=C(O)/C(=C/c2ccc(OCc3ccccc3C#N)c(Cl)c2)SC1=NC(=O)c1ccccc1. The maximum absolute atomic E-state index is 12.7. The van der Waals surface area contributed by atoms with E-state index >= 15 is 0 Å². The van der Waals surface area contributed by atoms with Gasteiger partial charge >= 0.3 is 5.97 Å². The molecule has 3 aromatic rings. The molecule has 0 aliphatic carbocycles. The lowest BCUT2D eigenvalue weighted by molar-refractivity contribution is -0.138. The number of carbonyl (C=O) groups excluding carboxylic acids is 2. The van der Waals surface area contributed by atoms with Crippen LogP contribution in [0, 0.1) is 11.3 Å². The van der Waals surface area contributed by atoms with Crippen molar-refractivity contribution >= 4 is 46.4 Å². The highest BCUT2D eigenvalue weighted by Gasteiger charge is 2.34. The number of nitrogens with zero attached hydrogens (tertiary/aromatic N) is 2. The van der Waals surface area contributed by atoms with Gasteiger partial charge in [-0.15, -0.1) is 0 Å². The van der Waals surface area contributed by atoms with Crippen molar-refractivity contribution in [1.82, 2.24) is 0 Å². The van der Waals surface area contributed by atoms with Gasteiger partial charge in [0.15, 0.2) is 0 Å². The molecule has 190 valence electrons. The number of nitriles is 1. The minimum atomic E-state index is -0.778. The lowest BCUT2D eigenvalue weighted by atomic mass is 10.1. The molecular weight excluding hydrogens is 524 g/mol. The minimum Gasteiger partial charge on any atom is -0.506 e. The van der Waals surface area contributed by atoms with Gasteiger partial charge in [0.05, 0.1) is 28.2 Å². The topological polar surface area (TPSA) is 109 Å². The van der Waals surface area contributed by atoms with Gasteiger partial charge in [0.25, 0.3) is 5.91 Å². The van der Waals surface area contributed by atoms with Gasteiger partial charge in [-0.05, 0) is 48.9 Å². The Balaban J connectivity index is 1.59. The van der Waals surface area contributed by atoms with Crippen LogP contribution in [0.4, 0.5) is 0 Å². The van der Waals surface area contributed by atoms with Crippen LogP contribution in [0.1, 0.15) is 34.0 Å². The number of ether oxygens (including phenoxy) is 2. The molecule has 1 heterocycles. The van der Waals surface area contributed by atoms with Gasteiger partial charge in [0.1, 0.15) is 28.7 Å². The maximum Gasteiger partial charge on any atom is 0.344 e. The zero-order valence-electron chi connectivity index (χ0n) is 20.2. The van der Waals surface area contributed by atoms with E-state index in [4.69, 9.17) is 21.1 Å². The Morgan fingerprint density at radius 1 is 1.11 bits per heavy atom. The third-order valence-electron chi connectivity index (χ3n) is 5.37. The highest BCUT2D eigenvalue weighted by Crippen LogP contribution is 2.40. The predicted molar refractivity (Wildman–Crippen MR) is 147 cm³/mol. The molecule has 9 heteroatoms. The van der Waals surface area contributed by atoms with E-state index in [2.05, 4.69) is 11.1 Å². The van der Waals surface area contributed by atoms with Crippen molar-refractivity contribution in [2.75, 3.05) is 6.61 Å². The van der Waals surface area contributed by atoms with Gasteiger partial charge in [0, 0.05) is 11.1 Å². The molecule has 0 unspecified atom stereocenters. The van der Waals surface area contributed by atoms with E-state index in [1.165, 1.54) is 0 Å². The highest BCUT2D eigenvalue weighted by molar-refractivity contribution is 8.18. The third-order valence-corrected chi connectivity index (χ3v) is 6.68. The molecule has 1 amide bonds. The Morgan fingerprint density at radius 3 is 2.55 bits per heavy atom. The van der Waals surface area contributed by atoms with Crippen molar-refractivity contribution in [3.63, 3.8) is 0 Å². The maximum atomic E-state index is 12.7. The summed E-state index contributed by atoms with van der Waals surface area (Å²) in [5, 5.41) is 20.5. The lowest BCUT2D eigenvalue weighted by Crippen LogP contribution is -2.14. The second-order valence-corrected chi connectivity index (χ2v) is 9.33. The Kier molecular flexibility index (Phi) is 8.64. The predicted octanol–water partition coefficient (Wildman–Crippen LogP) is 6.49. The number of rotatable bonds is 7. The summed E-state index contributed by atoms with van der Waals surface area (Å²) < 4.78 is 10.9. The summed E-state index contributed by atoms with van der Waals surface area (Å²) >= 11 is 7.41. The fourth-order valence-electron chi connectivity index (χ4n) is 3.52. The number of aliphatic hydroxyl groups excluding tert-OH is 1. The first-order valence-electron chi connectivity index (χ1n) is 11.5. The first kappa shape index (κ1) is 26.7. The van der Waals surface area contributed by atoms with E-state index in [0.717, 1.165) is 17.3 Å². The fourth-order valence-corrected chi connectivity index (χ4v) is 4.77. The summed E-state index contributed by atoms with van der Waals surface area (Å²) in [6, 6.07) is 22.7. The number of esters is 1. The largest absolute Gasteiger partial charge is 0.506 e. The zero-order valence-corrected chi connectivity index (χ0v) is 21.8. The number of hydrogen-bond donors (Lipinski definition) is 1. The number of aliphatic imine (C=N–C) groups is 1. The first-order valence-corrected chi connectivity index (χ1v) is 12.7. The van der Waals surface area contributed by atoms with Crippen LogP contribution in [0.25, 0.3) is 6.08 Å². The minimum absolute atomic E-state index is 0.0447. The lowest BCUT2D eigenvalue weighted by Gasteiger charge is -2.10. The second kappa shape index (κ2) is 12.3. The summed E-state index contributed by atoms with van der Waals surface area (Å²) in [6.07, 6.45) is 1.62. The molecule has 3 aromatic carbocycles. The van der Waals surface area contributed by atoms with Gasteiger partial charge in [0.2, 0.25) is 0 Å². The van der Waals surface area contributed by atoms with Crippen molar-refractivity contribution in [3.05, 3.63) is 116 Å². The van der Waals surface area contributed by atoms with E-state index in [-0.39, 0.29) is 29.6 Å². The molecule has 4 rings (SSSR count). The molecule has 0 radical (unpaired) electrons. The Hall–Kier alpha value is -4.32. The van der Waals surface area contributed by atoms with E-state index in [9.17, 15) is 20.0 Å². The highest BCUT2D eigenvalue weighted by atomic mass is 35.5. The van der Waals surface area contributed by atoms with Crippen LogP contribution in [0.5, 0.6) is 5.75 Å². The molecule has 1 aliphatic rings. The Labute approximate surface area is 228 Å². The smallest absolute Gasteiger partial charge is 0.344 e. The van der Waals surface area contributed by atoms with E-state index in [0.29, 0.717) is 32.4 Å². The third kappa shape index (κ3) is 6.14. The molecule has 0 saturated heterocycles. The number of amides is 1. The molecule has 0 bridgehead atoms. The van der Waals surface area contributed by atoms with Gasteiger partial charge < -0.3 is 14.6 Å². The Morgan fingerprint density at radius 2 is 1.84 bits per heavy atom. The van der Waals surface area contributed by atoms with E-state index in [1.54, 1.807) is 79.7 Å². The quantitative estimate of drug-likeness (QED) is 0.338. The number of aliphatic hydroxyl groups is 1. The van der Waals surface area contributed by atoms with Crippen LogP contribution in [0.2, 0.25) is 5.02 Å². The van der Waals surface area contributed by atoms with Crippen molar-refractivity contribution < 1.29 is 24.2 Å². The molecule has 0 spiro atoms. The van der Waals surface area contributed by atoms with Crippen molar-refractivity contribution in [2.24, 2.45) is 4.99 Å². The summed E-state index contributed by atoms with van der Waals surface area (Å²) in [7, 11) is 0. The van der Waals surface area contributed by atoms with Crippen LogP contribution in [0.3, 0.4) is 0 Å².